The van der Waals surface area contributed by atoms with E-state index in [1.165, 1.54) is 41.3 Å². The summed E-state index contributed by atoms with van der Waals surface area (Å²) in [6.45, 7) is 4.73. The van der Waals surface area contributed by atoms with E-state index >= 15 is 0 Å². The summed E-state index contributed by atoms with van der Waals surface area (Å²) in [5.41, 5.74) is 1.76. The Bertz CT molecular complexity index is 773. The predicted octanol–water partition coefficient (Wildman–Crippen LogP) is 3.57. The van der Waals surface area contributed by atoms with Crippen LogP contribution in [0, 0.1) is 5.41 Å². The van der Waals surface area contributed by atoms with Crippen LogP contribution in [0.3, 0.4) is 0 Å². The maximum atomic E-state index is 8.81. The summed E-state index contributed by atoms with van der Waals surface area (Å²) < 4.78 is 17.6. The van der Waals surface area contributed by atoms with Crippen molar-refractivity contribution in [1.82, 2.24) is 10.2 Å². The normalized spacial score (nSPS) is 24.8. The molecule has 1 aromatic heterocycles. The van der Waals surface area contributed by atoms with Gasteiger partial charge in [0.25, 0.3) is 0 Å². The third-order valence-corrected chi connectivity index (χ3v) is 6.58. The molecule has 25 heavy (non-hydrogen) atoms. The topological polar surface area (TPSA) is 85.9 Å². The van der Waals surface area contributed by atoms with Gasteiger partial charge in [-0.15, -0.1) is 21.5 Å². The first-order chi connectivity index (χ1) is 11.9. The quantitative estimate of drug-likeness (QED) is 0.798. The summed E-state index contributed by atoms with van der Waals surface area (Å²) in [6.07, 6.45) is 5.35. The van der Waals surface area contributed by atoms with Gasteiger partial charge in [-0.3, -0.25) is 0 Å². The SMILES string of the molecule is CC1(C)[C@@H](c2ccccc2)[C@@H]1c1nnc(C2CCCC2)s1.N[SH](=O)=O. The fourth-order valence-corrected chi connectivity index (χ4v) is 5.44. The van der Waals surface area contributed by atoms with Crippen molar-refractivity contribution in [2.75, 3.05) is 0 Å². The smallest absolute Gasteiger partial charge is 0.198 e. The highest BCUT2D eigenvalue weighted by Crippen LogP contribution is 2.70. The molecule has 2 aliphatic rings. The number of nitrogens with zero attached hydrogens (tertiary/aromatic N) is 2. The van der Waals surface area contributed by atoms with Gasteiger partial charge in [-0.1, -0.05) is 57.0 Å². The highest BCUT2D eigenvalue weighted by Gasteiger charge is 2.60. The Morgan fingerprint density at radius 3 is 2.20 bits per heavy atom. The van der Waals surface area contributed by atoms with Crippen LogP contribution in [0.1, 0.15) is 72.9 Å². The van der Waals surface area contributed by atoms with Crippen LogP contribution >= 0.6 is 11.3 Å². The molecule has 1 aromatic carbocycles. The molecule has 0 saturated heterocycles. The van der Waals surface area contributed by atoms with Crippen molar-refractivity contribution in [2.24, 2.45) is 10.6 Å². The first-order valence-electron chi connectivity index (χ1n) is 8.68. The van der Waals surface area contributed by atoms with E-state index in [9.17, 15) is 0 Å². The van der Waals surface area contributed by atoms with Gasteiger partial charge in [0, 0.05) is 11.8 Å². The summed E-state index contributed by atoms with van der Waals surface area (Å²) in [7, 11) is -2.62. The highest BCUT2D eigenvalue weighted by molar-refractivity contribution is 7.69. The van der Waals surface area contributed by atoms with E-state index in [1.807, 2.05) is 11.3 Å². The van der Waals surface area contributed by atoms with Crippen LogP contribution in [0.4, 0.5) is 0 Å². The fraction of sp³-hybridized carbons (Fsp3) is 0.556. The number of rotatable bonds is 3. The zero-order valence-corrected chi connectivity index (χ0v) is 16.3. The van der Waals surface area contributed by atoms with E-state index in [2.05, 4.69) is 59.5 Å². The molecule has 136 valence electrons. The molecule has 2 aliphatic carbocycles. The zero-order chi connectivity index (χ0) is 18.0. The number of nitrogens with two attached hydrogens (primary N) is 1. The largest absolute Gasteiger partial charge is 0.231 e. The third kappa shape index (κ3) is 4.10. The van der Waals surface area contributed by atoms with Crippen molar-refractivity contribution in [3.8, 4) is 0 Å². The number of thiol groups is 1. The van der Waals surface area contributed by atoms with Gasteiger partial charge in [-0.25, -0.2) is 13.6 Å². The van der Waals surface area contributed by atoms with Crippen molar-refractivity contribution < 1.29 is 8.42 Å². The summed E-state index contributed by atoms with van der Waals surface area (Å²) >= 11 is 1.88. The van der Waals surface area contributed by atoms with E-state index in [0.717, 1.165) is 0 Å². The Kier molecular flexibility index (Phi) is 5.55. The summed E-state index contributed by atoms with van der Waals surface area (Å²) in [5.74, 6) is 1.84. The average molecular weight is 380 g/mol. The molecular formula is C18H25N3O2S2. The van der Waals surface area contributed by atoms with Crippen molar-refractivity contribution in [3.05, 3.63) is 45.9 Å². The van der Waals surface area contributed by atoms with E-state index in [1.54, 1.807) is 0 Å². The lowest BCUT2D eigenvalue weighted by Gasteiger charge is -2.01. The Labute approximate surface area is 154 Å². The first kappa shape index (κ1) is 18.5. The van der Waals surface area contributed by atoms with E-state index in [-0.39, 0.29) is 0 Å². The van der Waals surface area contributed by atoms with Crippen LogP contribution < -0.4 is 5.14 Å². The first-order valence-corrected chi connectivity index (χ1v) is 10.7. The molecular weight excluding hydrogens is 354 g/mol. The predicted molar refractivity (Wildman–Crippen MR) is 101 cm³/mol. The number of benzene rings is 1. The molecule has 2 saturated carbocycles. The summed E-state index contributed by atoms with van der Waals surface area (Å²) in [5, 5.41) is 15.7. The van der Waals surface area contributed by atoms with Crippen LogP contribution in [-0.2, 0) is 10.9 Å². The Hall–Kier alpha value is -1.31. The molecule has 4 rings (SSSR count). The number of aromatic nitrogens is 2. The molecule has 0 radical (unpaired) electrons. The van der Waals surface area contributed by atoms with E-state index < -0.39 is 10.9 Å². The lowest BCUT2D eigenvalue weighted by Crippen LogP contribution is -1.90. The number of hydrogen-bond acceptors (Lipinski definition) is 5. The maximum Gasteiger partial charge on any atom is 0.198 e. The molecule has 2 fully saturated rings. The van der Waals surface area contributed by atoms with Crippen LogP contribution in [0.2, 0.25) is 0 Å². The van der Waals surface area contributed by atoms with Crippen molar-refractivity contribution in [3.63, 3.8) is 0 Å². The molecule has 7 heteroatoms. The van der Waals surface area contributed by atoms with Gasteiger partial charge in [0.05, 0.1) is 0 Å². The molecule has 5 nitrogen and oxygen atoms in total. The van der Waals surface area contributed by atoms with E-state index in [4.69, 9.17) is 8.42 Å². The van der Waals surface area contributed by atoms with Crippen molar-refractivity contribution in [1.29, 1.82) is 0 Å². The second-order valence-corrected chi connectivity index (χ2v) is 9.04. The minimum Gasteiger partial charge on any atom is -0.231 e. The summed E-state index contributed by atoms with van der Waals surface area (Å²) in [6, 6.07) is 10.9. The fourth-order valence-electron chi connectivity index (χ4n) is 4.09. The van der Waals surface area contributed by atoms with E-state index in [0.29, 0.717) is 23.2 Å². The van der Waals surface area contributed by atoms with Gasteiger partial charge in [0.1, 0.15) is 10.0 Å². The average Bonchev–Trinajstić information content (AvgIpc) is 3.04. The minimum absolute atomic E-state index is 0.313. The second-order valence-electron chi connectivity index (χ2n) is 7.43. The van der Waals surface area contributed by atoms with Crippen molar-refractivity contribution in [2.45, 2.75) is 57.3 Å². The van der Waals surface area contributed by atoms with Crippen LogP contribution in [-0.4, -0.2) is 18.6 Å². The Morgan fingerprint density at radius 2 is 1.60 bits per heavy atom. The summed E-state index contributed by atoms with van der Waals surface area (Å²) in [4.78, 5) is 0. The molecule has 0 spiro atoms. The standard InChI is InChI=1S/C18H22N2S.H3NO2S/c1-18(2)14(12-8-4-3-5-9-12)15(18)17-20-19-16(21-17)13-10-6-7-11-13;1-4(2)3/h3-5,8-9,13-15H,6-7,10-11H2,1-2H3;4H,(H2,1,2,3)/t14-,15+;/m0./s1. The Balaban J connectivity index is 0.000000415. The minimum atomic E-state index is -2.62. The van der Waals surface area contributed by atoms with Gasteiger partial charge < -0.3 is 0 Å². The van der Waals surface area contributed by atoms with Gasteiger partial charge in [0.15, 0.2) is 10.9 Å². The third-order valence-electron chi connectivity index (χ3n) is 5.41. The molecule has 1 heterocycles. The molecule has 0 unspecified atom stereocenters. The lowest BCUT2D eigenvalue weighted by molar-refractivity contribution is 0.599. The van der Waals surface area contributed by atoms with Crippen LogP contribution in [0.5, 0.6) is 0 Å². The Morgan fingerprint density at radius 1 is 1.04 bits per heavy atom. The molecule has 2 atom stereocenters. The van der Waals surface area contributed by atoms with Crippen molar-refractivity contribution >= 4 is 22.2 Å². The maximum absolute atomic E-state index is 8.81. The zero-order valence-electron chi connectivity index (χ0n) is 14.6. The molecule has 0 aliphatic heterocycles. The molecule has 2 N–H and O–H groups in total. The van der Waals surface area contributed by atoms with Gasteiger partial charge in [-0.2, -0.15) is 0 Å². The van der Waals surface area contributed by atoms with Gasteiger partial charge in [-0.05, 0) is 29.7 Å². The molecule has 0 amide bonds. The molecule has 0 bridgehead atoms. The molecule has 2 aromatic rings. The highest BCUT2D eigenvalue weighted by atomic mass is 32.2. The lowest BCUT2D eigenvalue weighted by atomic mass is 10.0. The van der Waals surface area contributed by atoms with Crippen LogP contribution in [0.25, 0.3) is 0 Å². The van der Waals surface area contributed by atoms with Crippen LogP contribution in [0.15, 0.2) is 30.3 Å². The van der Waals surface area contributed by atoms with Gasteiger partial charge >= 0.3 is 0 Å². The monoisotopic (exact) mass is 379 g/mol. The number of hydrogen-bond donors (Lipinski definition) is 2. The van der Waals surface area contributed by atoms with Gasteiger partial charge in [0.2, 0.25) is 0 Å². The second kappa shape index (κ2) is 7.51.